The first-order valence-electron chi connectivity index (χ1n) is 7.88. The second kappa shape index (κ2) is 5.70. The van der Waals surface area contributed by atoms with Gasteiger partial charge in [-0.2, -0.15) is 4.31 Å². The number of nitrogens with zero attached hydrogens (tertiary/aromatic N) is 1. The molecule has 4 rings (SSSR count). The van der Waals surface area contributed by atoms with Crippen LogP contribution >= 0.6 is 11.3 Å². The van der Waals surface area contributed by atoms with Crippen LogP contribution in [0, 0.1) is 0 Å². The molecule has 0 N–H and O–H groups in total. The zero-order valence-electron chi connectivity index (χ0n) is 12.8. The largest absolute Gasteiger partial charge is 0.369 e. The number of fused-ring (bicyclic) bond motifs is 2. The third-order valence-corrected chi connectivity index (χ3v) is 7.88. The minimum Gasteiger partial charge on any atom is -0.369 e. The predicted molar refractivity (Wildman–Crippen MR) is 90.1 cm³/mol. The van der Waals surface area contributed by atoms with E-state index in [1.54, 1.807) is 39.9 Å². The van der Waals surface area contributed by atoms with Gasteiger partial charge in [-0.05, 0) is 48.4 Å². The molecule has 1 aromatic carbocycles. The molecule has 3 heterocycles. The predicted octanol–water partition coefficient (Wildman–Crippen LogP) is 3.00. The van der Waals surface area contributed by atoms with E-state index >= 15 is 0 Å². The standard InChI is InChI=1S/C17H19NO3S2/c19-23(20,15-4-2-1-3-5-15)18-10-8-17(9-11-18)16-14(6-12-21-17)7-13-22-16/h1-5,7,13H,6,8-12H2. The maximum Gasteiger partial charge on any atom is 0.243 e. The number of piperidine rings is 1. The molecule has 2 aliphatic rings. The highest BCUT2D eigenvalue weighted by Gasteiger charge is 2.44. The van der Waals surface area contributed by atoms with Crippen LogP contribution < -0.4 is 0 Å². The molecular formula is C17H19NO3S2. The number of rotatable bonds is 2. The van der Waals surface area contributed by atoms with Crippen molar-refractivity contribution in [1.82, 2.24) is 4.31 Å². The molecule has 2 aromatic rings. The maximum atomic E-state index is 12.7. The zero-order valence-corrected chi connectivity index (χ0v) is 14.4. The summed E-state index contributed by atoms with van der Waals surface area (Å²) < 4.78 is 33.2. The van der Waals surface area contributed by atoms with Gasteiger partial charge in [0.05, 0.1) is 11.5 Å². The lowest BCUT2D eigenvalue weighted by molar-refractivity contribution is -0.0861. The van der Waals surface area contributed by atoms with Gasteiger partial charge in [-0.25, -0.2) is 8.42 Å². The molecular weight excluding hydrogens is 330 g/mol. The average molecular weight is 349 g/mol. The molecule has 0 unspecified atom stereocenters. The van der Waals surface area contributed by atoms with Gasteiger partial charge in [-0.15, -0.1) is 11.3 Å². The first kappa shape index (κ1) is 15.3. The van der Waals surface area contributed by atoms with E-state index in [-0.39, 0.29) is 5.60 Å². The highest BCUT2D eigenvalue weighted by molar-refractivity contribution is 7.89. The Balaban J connectivity index is 1.57. The second-order valence-electron chi connectivity index (χ2n) is 6.08. The molecule has 2 aliphatic heterocycles. The van der Waals surface area contributed by atoms with E-state index in [0.717, 1.165) is 25.9 Å². The van der Waals surface area contributed by atoms with Crippen LogP contribution in [0.15, 0.2) is 46.7 Å². The lowest BCUT2D eigenvalue weighted by Gasteiger charge is -2.43. The molecule has 6 heteroatoms. The molecule has 4 nitrogen and oxygen atoms in total. The van der Waals surface area contributed by atoms with Gasteiger partial charge in [-0.3, -0.25) is 0 Å². The van der Waals surface area contributed by atoms with Gasteiger partial charge in [0.15, 0.2) is 0 Å². The summed E-state index contributed by atoms with van der Waals surface area (Å²) in [6.07, 6.45) is 2.42. The quantitative estimate of drug-likeness (QED) is 0.837. The summed E-state index contributed by atoms with van der Waals surface area (Å²) in [5.74, 6) is 0. The van der Waals surface area contributed by atoms with Crippen LogP contribution in [-0.2, 0) is 26.8 Å². The van der Waals surface area contributed by atoms with Crippen molar-refractivity contribution in [3.05, 3.63) is 52.2 Å². The van der Waals surface area contributed by atoms with E-state index in [1.807, 2.05) is 6.07 Å². The van der Waals surface area contributed by atoms with Crippen molar-refractivity contribution in [2.45, 2.75) is 29.8 Å². The minimum atomic E-state index is -3.40. The van der Waals surface area contributed by atoms with Crippen LogP contribution in [-0.4, -0.2) is 32.4 Å². The Morgan fingerprint density at radius 3 is 2.57 bits per heavy atom. The van der Waals surface area contributed by atoms with Crippen LogP contribution in [0.25, 0.3) is 0 Å². The van der Waals surface area contributed by atoms with E-state index in [9.17, 15) is 8.42 Å². The number of hydrogen-bond donors (Lipinski definition) is 0. The van der Waals surface area contributed by atoms with Crippen molar-refractivity contribution in [1.29, 1.82) is 0 Å². The third-order valence-electron chi connectivity index (χ3n) is 4.82. The fourth-order valence-corrected chi connectivity index (χ4v) is 6.19. The van der Waals surface area contributed by atoms with E-state index < -0.39 is 10.0 Å². The van der Waals surface area contributed by atoms with E-state index in [0.29, 0.717) is 18.0 Å². The Hall–Kier alpha value is -1.21. The number of ether oxygens (including phenoxy) is 1. The normalized spacial score (nSPS) is 21.2. The van der Waals surface area contributed by atoms with E-state index in [4.69, 9.17) is 4.74 Å². The van der Waals surface area contributed by atoms with Gasteiger partial charge in [0.25, 0.3) is 0 Å². The summed E-state index contributed by atoms with van der Waals surface area (Å²) in [5, 5.41) is 2.12. The van der Waals surface area contributed by atoms with Gasteiger partial charge >= 0.3 is 0 Å². The number of thiophene rings is 1. The topological polar surface area (TPSA) is 46.6 Å². The summed E-state index contributed by atoms with van der Waals surface area (Å²) >= 11 is 1.74. The van der Waals surface area contributed by atoms with Crippen molar-refractivity contribution in [2.24, 2.45) is 0 Å². The van der Waals surface area contributed by atoms with Gasteiger partial charge in [0.1, 0.15) is 5.60 Å². The summed E-state index contributed by atoms with van der Waals surface area (Å²) in [5.41, 5.74) is 1.10. The fourth-order valence-electron chi connectivity index (χ4n) is 3.56. The molecule has 122 valence electrons. The van der Waals surface area contributed by atoms with Crippen molar-refractivity contribution < 1.29 is 13.2 Å². The van der Waals surface area contributed by atoms with Crippen LogP contribution in [0.1, 0.15) is 23.3 Å². The fraction of sp³-hybridized carbons (Fsp3) is 0.412. The molecule has 0 amide bonds. The van der Waals surface area contributed by atoms with Crippen LogP contribution in [0.4, 0.5) is 0 Å². The molecule has 0 radical (unpaired) electrons. The maximum absolute atomic E-state index is 12.7. The van der Waals surface area contributed by atoms with Gasteiger partial charge in [0.2, 0.25) is 10.0 Å². The van der Waals surface area contributed by atoms with Gasteiger partial charge in [-0.1, -0.05) is 18.2 Å². The molecule has 1 spiro atoms. The number of sulfonamides is 1. The summed E-state index contributed by atoms with van der Waals surface area (Å²) in [7, 11) is -3.40. The van der Waals surface area contributed by atoms with Crippen LogP contribution in [0.5, 0.6) is 0 Å². The van der Waals surface area contributed by atoms with Crippen molar-refractivity contribution in [3.63, 3.8) is 0 Å². The minimum absolute atomic E-state index is 0.273. The van der Waals surface area contributed by atoms with Crippen LogP contribution in [0.3, 0.4) is 0 Å². The Labute approximate surface area is 140 Å². The second-order valence-corrected chi connectivity index (χ2v) is 8.94. The smallest absolute Gasteiger partial charge is 0.243 e. The van der Waals surface area contributed by atoms with Crippen molar-refractivity contribution in [2.75, 3.05) is 19.7 Å². The molecule has 23 heavy (non-hydrogen) atoms. The van der Waals surface area contributed by atoms with E-state index in [1.165, 1.54) is 10.4 Å². The molecule has 0 atom stereocenters. The summed E-state index contributed by atoms with van der Waals surface area (Å²) in [6, 6.07) is 10.9. The van der Waals surface area contributed by atoms with Gasteiger partial charge in [0, 0.05) is 18.0 Å². The molecule has 1 fully saturated rings. The zero-order chi connectivity index (χ0) is 15.9. The lowest BCUT2D eigenvalue weighted by atomic mass is 9.86. The Bertz CT molecular complexity index is 790. The third kappa shape index (κ3) is 2.54. The Morgan fingerprint density at radius 2 is 1.83 bits per heavy atom. The molecule has 0 aliphatic carbocycles. The SMILES string of the molecule is O=S(=O)(c1ccccc1)N1CCC2(CC1)OCCc1ccsc12. The Kier molecular flexibility index (Phi) is 3.80. The number of benzene rings is 1. The van der Waals surface area contributed by atoms with Crippen LogP contribution in [0.2, 0.25) is 0 Å². The van der Waals surface area contributed by atoms with Crippen molar-refractivity contribution in [3.8, 4) is 0 Å². The molecule has 1 aromatic heterocycles. The van der Waals surface area contributed by atoms with Crippen molar-refractivity contribution >= 4 is 21.4 Å². The first-order valence-corrected chi connectivity index (χ1v) is 10.2. The summed E-state index contributed by atoms with van der Waals surface area (Å²) in [4.78, 5) is 1.68. The lowest BCUT2D eigenvalue weighted by Crippen LogP contribution is -2.47. The molecule has 0 saturated carbocycles. The highest BCUT2D eigenvalue weighted by atomic mass is 32.2. The Morgan fingerprint density at radius 1 is 1.09 bits per heavy atom. The van der Waals surface area contributed by atoms with Gasteiger partial charge < -0.3 is 4.74 Å². The summed E-state index contributed by atoms with van der Waals surface area (Å²) in [6.45, 7) is 1.75. The monoisotopic (exact) mass is 349 g/mol. The number of hydrogen-bond acceptors (Lipinski definition) is 4. The molecule has 0 bridgehead atoms. The van der Waals surface area contributed by atoms with E-state index in [2.05, 4.69) is 11.4 Å². The molecule has 1 saturated heterocycles. The average Bonchev–Trinajstić information content (AvgIpc) is 3.07. The first-order chi connectivity index (χ1) is 11.1. The highest BCUT2D eigenvalue weighted by Crippen LogP contribution is 2.44.